The molecule has 0 saturated carbocycles. The molecule has 0 aliphatic carbocycles. The zero-order valence-corrected chi connectivity index (χ0v) is 13.3. The first-order chi connectivity index (χ1) is 9.10. The molecule has 0 unspecified atom stereocenters. The molecule has 112 valence electrons. The third-order valence-corrected chi connectivity index (χ3v) is 4.07. The normalized spacial score (nSPS) is 16.8. The van der Waals surface area contributed by atoms with Crippen LogP contribution in [0.15, 0.2) is 0 Å². The predicted octanol–water partition coefficient (Wildman–Crippen LogP) is 4.13. The van der Waals surface area contributed by atoms with Crippen LogP contribution in [0.3, 0.4) is 0 Å². The molecule has 1 aliphatic rings. The van der Waals surface area contributed by atoms with Gasteiger partial charge in [-0.25, -0.2) is 4.79 Å². The molecule has 0 aromatic heterocycles. The van der Waals surface area contributed by atoms with Crippen LogP contribution in [0.1, 0.15) is 66.2 Å². The highest BCUT2D eigenvalue weighted by atomic mass is 16.2. The van der Waals surface area contributed by atoms with Gasteiger partial charge in [-0.1, -0.05) is 40.5 Å². The summed E-state index contributed by atoms with van der Waals surface area (Å²) in [5, 5.41) is 0. The molecule has 0 atom stereocenters. The summed E-state index contributed by atoms with van der Waals surface area (Å²) in [6, 6.07) is 0.683. The van der Waals surface area contributed by atoms with Crippen LogP contribution in [0, 0.1) is 5.92 Å². The van der Waals surface area contributed by atoms with Gasteiger partial charge in [0.15, 0.2) is 0 Å². The Bertz CT molecular complexity index is 253. The first-order valence-electron chi connectivity index (χ1n) is 8.15. The molecule has 0 aromatic rings. The number of hydrogen-bond acceptors (Lipinski definition) is 1. The van der Waals surface area contributed by atoms with Crippen molar-refractivity contribution in [3.05, 3.63) is 0 Å². The van der Waals surface area contributed by atoms with E-state index in [1.807, 2.05) is 0 Å². The topological polar surface area (TPSA) is 23.6 Å². The lowest BCUT2D eigenvalue weighted by Crippen LogP contribution is -2.49. The second-order valence-corrected chi connectivity index (χ2v) is 6.20. The number of likely N-dealkylation sites (tertiary alicyclic amines) is 1. The number of urea groups is 1. The Morgan fingerprint density at radius 3 is 2.00 bits per heavy atom. The molecule has 0 radical (unpaired) electrons. The maximum Gasteiger partial charge on any atom is 0.320 e. The highest BCUT2D eigenvalue weighted by Crippen LogP contribution is 2.17. The van der Waals surface area contributed by atoms with Crippen molar-refractivity contribution in [3.8, 4) is 0 Å². The number of rotatable bonds is 5. The zero-order chi connectivity index (χ0) is 14.3. The van der Waals surface area contributed by atoms with Crippen molar-refractivity contribution in [2.24, 2.45) is 5.92 Å². The maximum absolute atomic E-state index is 12.8. The van der Waals surface area contributed by atoms with Crippen molar-refractivity contribution in [2.75, 3.05) is 19.6 Å². The highest BCUT2D eigenvalue weighted by Gasteiger charge is 2.26. The second kappa shape index (κ2) is 8.44. The van der Waals surface area contributed by atoms with E-state index in [2.05, 4.69) is 37.5 Å². The van der Waals surface area contributed by atoms with Crippen LogP contribution in [-0.2, 0) is 0 Å². The molecular formula is C16H32N2O. The van der Waals surface area contributed by atoms with E-state index in [9.17, 15) is 4.79 Å². The van der Waals surface area contributed by atoms with E-state index in [1.165, 1.54) is 25.7 Å². The molecule has 0 spiro atoms. The minimum atomic E-state index is 0.282. The molecule has 2 amide bonds. The lowest BCUT2D eigenvalue weighted by Gasteiger charge is -2.36. The molecular weight excluding hydrogens is 236 g/mol. The first kappa shape index (κ1) is 16.3. The Kier molecular flexibility index (Phi) is 7.25. The summed E-state index contributed by atoms with van der Waals surface area (Å²) in [6.45, 7) is 11.6. The van der Waals surface area contributed by atoms with Crippen molar-refractivity contribution >= 4 is 6.03 Å². The van der Waals surface area contributed by atoms with Crippen LogP contribution in [0.2, 0.25) is 0 Å². The van der Waals surface area contributed by atoms with Gasteiger partial charge in [0, 0.05) is 25.7 Å². The zero-order valence-electron chi connectivity index (χ0n) is 13.3. The van der Waals surface area contributed by atoms with E-state index in [4.69, 9.17) is 0 Å². The van der Waals surface area contributed by atoms with Crippen molar-refractivity contribution in [3.63, 3.8) is 0 Å². The van der Waals surface area contributed by atoms with Gasteiger partial charge in [-0.2, -0.15) is 0 Å². The average molecular weight is 268 g/mol. The minimum Gasteiger partial charge on any atom is -0.325 e. The first-order valence-corrected chi connectivity index (χ1v) is 8.15. The van der Waals surface area contributed by atoms with E-state index in [1.54, 1.807) is 0 Å². The Morgan fingerprint density at radius 2 is 1.58 bits per heavy atom. The van der Waals surface area contributed by atoms with Gasteiger partial charge in [0.05, 0.1) is 0 Å². The molecule has 0 N–H and O–H groups in total. The van der Waals surface area contributed by atoms with Gasteiger partial charge in [0.25, 0.3) is 0 Å². The van der Waals surface area contributed by atoms with Crippen molar-refractivity contribution in [1.82, 2.24) is 9.80 Å². The number of nitrogens with zero attached hydrogens (tertiary/aromatic N) is 2. The number of amides is 2. The SMILES string of the molecule is CCC(CC)N(CC(C)C)C(=O)N1CCCCCC1. The Labute approximate surface area is 119 Å². The fourth-order valence-electron chi connectivity index (χ4n) is 2.95. The van der Waals surface area contributed by atoms with Crippen molar-refractivity contribution < 1.29 is 4.79 Å². The number of carbonyl (C=O) groups excluding carboxylic acids is 1. The molecule has 1 saturated heterocycles. The van der Waals surface area contributed by atoms with Gasteiger partial charge < -0.3 is 9.80 Å². The van der Waals surface area contributed by atoms with Gasteiger partial charge in [0.1, 0.15) is 0 Å². The van der Waals surface area contributed by atoms with Gasteiger partial charge in [-0.3, -0.25) is 0 Å². The second-order valence-electron chi connectivity index (χ2n) is 6.20. The molecule has 3 nitrogen and oxygen atoms in total. The largest absolute Gasteiger partial charge is 0.325 e. The Balaban J connectivity index is 2.73. The maximum atomic E-state index is 12.8. The van der Waals surface area contributed by atoms with E-state index in [-0.39, 0.29) is 6.03 Å². The monoisotopic (exact) mass is 268 g/mol. The standard InChI is InChI=1S/C16H32N2O/c1-5-15(6-2)18(13-14(3)4)16(19)17-11-9-7-8-10-12-17/h14-15H,5-13H2,1-4H3. The molecule has 0 aromatic carbocycles. The molecule has 1 aliphatic heterocycles. The summed E-state index contributed by atoms with van der Waals surface area (Å²) < 4.78 is 0. The van der Waals surface area contributed by atoms with Crippen LogP contribution in [0.4, 0.5) is 4.79 Å². The van der Waals surface area contributed by atoms with Crippen molar-refractivity contribution in [1.29, 1.82) is 0 Å². The van der Waals surface area contributed by atoms with Crippen LogP contribution in [0.5, 0.6) is 0 Å². The van der Waals surface area contributed by atoms with Crippen LogP contribution in [0.25, 0.3) is 0 Å². The Morgan fingerprint density at radius 1 is 1.05 bits per heavy atom. The van der Waals surface area contributed by atoms with Crippen molar-refractivity contribution in [2.45, 2.75) is 72.3 Å². The summed E-state index contributed by atoms with van der Waals surface area (Å²) in [6.07, 6.45) is 7.01. The molecule has 1 rings (SSSR count). The van der Waals surface area contributed by atoms with E-state index < -0.39 is 0 Å². The van der Waals surface area contributed by atoms with E-state index in [0.29, 0.717) is 12.0 Å². The van der Waals surface area contributed by atoms with E-state index in [0.717, 1.165) is 32.5 Å². The van der Waals surface area contributed by atoms with Crippen LogP contribution in [-0.4, -0.2) is 41.5 Å². The lowest BCUT2D eigenvalue weighted by molar-refractivity contribution is 0.123. The highest BCUT2D eigenvalue weighted by molar-refractivity contribution is 5.74. The number of carbonyl (C=O) groups is 1. The van der Waals surface area contributed by atoms with Crippen LogP contribution >= 0.6 is 0 Å². The minimum absolute atomic E-state index is 0.282. The van der Waals surface area contributed by atoms with Gasteiger partial charge in [-0.05, 0) is 31.6 Å². The van der Waals surface area contributed by atoms with Gasteiger partial charge in [0.2, 0.25) is 0 Å². The number of hydrogen-bond donors (Lipinski definition) is 0. The quantitative estimate of drug-likeness (QED) is 0.735. The van der Waals surface area contributed by atoms with Crippen LogP contribution < -0.4 is 0 Å². The lowest BCUT2D eigenvalue weighted by atomic mass is 10.1. The van der Waals surface area contributed by atoms with Gasteiger partial charge >= 0.3 is 6.03 Å². The molecule has 1 fully saturated rings. The molecule has 0 bridgehead atoms. The smallest absolute Gasteiger partial charge is 0.320 e. The fourth-order valence-corrected chi connectivity index (χ4v) is 2.95. The summed E-state index contributed by atoms with van der Waals surface area (Å²) in [5.74, 6) is 0.538. The summed E-state index contributed by atoms with van der Waals surface area (Å²) in [5.41, 5.74) is 0. The predicted molar refractivity (Wildman–Crippen MR) is 81.4 cm³/mol. The molecule has 1 heterocycles. The summed E-state index contributed by atoms with van der Waals surface area (Å²) in [4.78, 5) is 17.0. The van der Waals surface area contributed by atoms with Gasteiger partial charge in [-0.15, -0.1) is 0 Å². The Hall–Kier alpha value is -0.730. The fraction of sp³-hybridized carbons (Fsp3) is 0.938. The summed E-state index contributed by atoms with van der Waals surface area (Å²) in [7, 11) is 0. The third kappa shape index (κ3) is 5.04. The third-order valence-electron chi connectivity index (χ3n) is 4.07. The van der Waals surface area contributed by atoms with E-state index >= 15 is 0 Å². The molecule has 3 heteroatoms. The molecule has 19 heavy (non-hydrogen) atoms. The average Bonchev–Trinajstić information content (AvgIpc) is 2.66. The summed E-state index contributed by atoms with van der Waals surface area (Å²) >= 11 is 0.